The smallest absolute Gasteiger partial charge is 0.328 e. The van der Waals surface area contributed by atoms with Crippen molar-refractivity contribution < 1.29 is 23.9 Å². The first-order chi connectivity index (χ1) is 31.9. The number of anilines is 2. The predicted octanol–water partition coefficient (Wildman–Crippen LogP) is 9.73. The topological polar surface area (TPSA) is 149 Å². The van der Waals surface area contributed by atoms with Crippen LogP contribution in [0.25, 0.3) is 22.0 Å². The van der Waals surface area contributed by atoms with Gasteiger partial charge in [-0.2, -0.15) is 0 Å². The molecule has 3 aromatic carbocycles. The fourth-order valence-corrected chi connectivity index (χ4v) is 11.1. The van der Waals surface area contributed by atoms with Gasteiger partial charge in [-0.1, -0.05) is 35.9 Å². The van der Waals surface area contributed by atoms with E-state index in [1.165, 1.54) is 26.5 Å². The van der Waals surface area contributed by atoms with Crippen LogP contribution in [-0.2, 0) is 16.1 Å². The van der Waals surface area contributed by atoms with Gasteiger partial charge in [-0.25, -0.2) is 14.8 Å². The number of fused-ring (bicyclic) bond motifs is 1. The number of imide groups is 1. The van der Waals surface area contributed by atoms with E-state index in [1.807, 2.05) is 36.9 Å². The minimum atomic E-state index is -0.539. The van der Waals surface area contributed by atoms with Crippen molar-refractivity contribution in [1.82, 2.24) is 30.4 Å². The fraction of sp³-hybridized carbons (Fsp3) is 0.451. The van der Waals surface area contributed by atoms with Gasteiger partial charge in [0, 0.05) is 74.0 Å². The highest BCUT2D eigenvalue weighted by molar-refractivity contribution is 7.10. The summed E-state index contributed by atoms with van der Waals surface area (Å²) in [7, 11) is 5.63. The highest BCUT2D eigenvalue weighted by Gasteiger charge is 2.32. The second kappa shape index (κ2) is 20.9. The molecule has 0 radical (unpaired) electrons. The monoisotopic (exact) mass is 932 g/mol. The summed E-state index contributed by atoms with van der Waals surface area (Å²) in [6, 6.07) is 19.5. The number of piperidine rings is 1. The molecular formula is C51H61ClN8O5S. The van der Waals surface area contributed by atoms with Crippen molar-refractivity contribution in [2.45, 2.75) is 90.1 Å². The molecule has 2 saturated heterocycles. The summed E-state index contributed by atoms with van der Waals surface area (Å²) in [6.45, 7) is 7.13. The van der Waals surface area contributed by atoms with E-state index in [0.717, 1.165) is 85.9 Å². The number of urea groups is 1. The number of amides is 5. The molecule has 4 heterocycles. The van der Waals surface area contributed by atoms with Crippen LogP contribution >= 0.6 is 22.9 Å². The number of carbonyl (C=O) groups is 4. The number of likely N-dealkylation sites (tertiary alicyclic amines) is 1. The first-order valence-electron chi connectivity index (χ1n) is 23.3. The average Bonchev–Trinajstić information content (AvgIpc) is 3.82. The van der Waals surface area contributed by atoms with Crippen LogP contribution in [0.3, 0.4) is 0 Å². The summed E-state index contributed by atoms with van der Waals surface area (Å²) in [5, 5.41) is 12.9. The minimum absolute atomic E-state index is 0.00271. The van der Waals surface area contributed by atoms with E-state index in [4.69, 9.17) is 26.3 Å². The number of aromatic nitrogens is 2. The summed E-state index contributed by atoms with van der Waals surface area (Å²) in [6.07, 6.45) is 7.33. The van der Waals surface area contributed by atoms with Gasteiger partial charge in [-0.15, -0.1) is 11.3 Å². The highest BCUT2D eigenvalue weighted by atomic mass is 35.5. The van der Waals surface area contributed by atoms with Gasteiger partial charge in [0.25, 0.3) is 5.91 Å². The molecule has 0 bridgehead atoms. The summed E-state index contributed by atoms with van der Waals surface area (Å²) in [4.78, 5) is 67.5. The maximum atomic E-state index is 13.8. The Morgan fingerprint density at radius 1 is 1.00 bits per heavy atom. The van der Waals surface area contributed by atoms with E-state index in [9.17, 15) is 19.2 Å². The zero-order chi connectivity index (χ0) is 46.5. The van der Waals surface area contributed by atoms with Gasteiger partial charge in [0.15, 0.2) is 0 Å². The van der Waals surface area contributed by atoms with E-state index in [-0.39, 0.29) is 48.6 Å². The minimum Gasteiger partial charge on any atom is -0.496 e. The largest absolute Gasteiger partial charge is 0.496 e. The van der Waals surface area contributed by atoms with Crippen LogP contribution < -0.4 is 25.6 Å². The number of nitrogens with one attached hydrogen (secondary N) is 3. The average molecular weight is 934 g/mol. The molecule has 5 aromatic rings. The molecule has 3 aliphatic rings. The lowest BCUT2D eigenvalue weighted by molar-refractivity contribution is -0.135. The number of hydrogen-bond acceptors (Lipinski definition) is 10. The Labute approximate surface area is 396 Å². The summed E-state index contributed by atoms with van der Waals surface area (Å²) in [5.41, 5.74) is 6.60. The molecule has 66 heavy (non-hydrogen) atoms. The number of ether oxygens (including phenoxy) is 1. The molecule has 2 aromatic heterocycles. The van der Waals surface area contributed by atoms with Crippen molar-refractivity contribution in [2.75, 3.05) is 57.6 Å². The Morgan fingerprint density at radius 2 is 1.77 bits per heavy atom. The van der Waals surface area contributed by atoms with E-state index in [2.05, 4.69) is 64.7 Å². The standard InChI is InChI=1S/C51H61ClN8O5S/c1-31(46-26-38(30-66-46)39-11-7-6-10-37(39)29-53-3)54-48-41-27-40(45(65-5)28-43(41)55-32(2)56-48)34-12-14-35(15-13-34)49(62)58(4)21-8-9-33-18-22-59(23-19-33)50(63)36-16-17-42(52)44(25-36)60-24-20-47(61)57-51(60)64/h6-7,10-11,16-17,25-28,30-31,33-35,53H,8-9,12-15,18-24,29H2,1-5H3,(H,54,55,56)(H,57,61,64)/t31-,34?,35?/m1/s1. The molecule has 3 fully saturated rings. The van der Waals surface area contributed by atoms with Crippen LogP contribution in [0, 0.1) is 18.8 Å². The van der Waals surface area contributed by atoms with Gasteiger partial charge >= 0.3 is 6.03 Å². The third-order valence-corrected chi connectivity index (χ3v) is 15.1. The number of nitrogens with zero attached hydrogens (tertiary/aromatic N) is 5. The molecule has 1 saturated carbocycles. The summed E-state index contributed by atoms with van der Waals surface area (Å²) < 4.78 is 5.98. The van der Waals surface area contributed by atoms with Crippen LogP contribution in [0.4, 0.5) is 16.3 Å². The lowest BCUT2D eigenvalue weighted by atomic mass is 9.77. The maximum Gasteiger partial charge on any atom is 0.328 e. The number of aryl methyl sites for hydroxylation is 1. The molecule has 13 nitrogen and oxygen atoms in total. The third kappa shape index (κ3) is 10.5. The van der Waals surface area contributed by atoms with Crippen molar-refractivity contribution in [3.05, 3.63) is 98.5 Å². The number of methoxy groups -OCH3 is 1. The Hall–Kier alpha value is -5.57. The Bertz CT molecular complexity index is 2590. The molecule has 2 aliphatic heterocycles. The molecule has 1 aliphatic carbocycles. The van der Waals surface area contributed by atoms with Crippen molar-refractivity contribution >= 4 is 69.1 Å². The van der Waals surface area contributed by atoms with E-state index in [1.54, 1.807) is 36.6 Å². The highest BCUT2D eigenvalue weighted by Crippen LogP contribution is 2.43. The Balaban J connectivity index is 0.825. The second-order valence-corrected chi connectivity index (χ2v) is 19.5. The van der Waals surface area contributed by atoms with E-state index < -0.39 is 6.03 Å². The number of rotatable bonds is 15. The lowest BCUT2D eigenvalue weighted by Gasteiger charge is -2.33. The molecule has 1 atom stereocenters. The number of benzene rings is 3. The van der Waals surface area contributed by atoms with Gasteiger partial charge in [0.1, 0.15) is 17.4 Å². The fourth-order valence-electron chi connectivity index (χ4n) is 9.98. The van der Waals surface area contributed by atoms with Crippen LogP contribution in [0.15, 0.2) is 66.0 Å². The lowest BCUT2D eigenvalue weighted by Crippen LogP contribution is -2.49. The van der Waals surface area contributed by atoms with Crippen LogP contribution in [0.2, 0.25) is 5.02 Å². The molecule has 8 rings (SSSR count). The zero-order valence-corrected chi connectivity index (χ0v) is 40.2. The van der Waals surface area contributed by atoms with Crippen molar-refractivity contribution in [3.63, 3.8) is 0 Å². The maximum absolute atomic E-state index is 13.8. The van der Waals surface area contributed by atoms with Crippen LogP contribution in [0.1, 0.15) is 109 Å². The quantitative estimate of drug-likeness (QED) is 0.0933. The van der Waals surface area contributed by atoms with E-state index >= 15 is 0 Å². The number of thiophene rings is 1. The van der Waals surface area contributed by atoms with Crippen LogP contribution in [0.5, 0.6) is 5.75 Å². The third-order valence-electron chi connectivity index (χ3n) is 13.7. The van der Waals surface area contributed by atoms with Gasteiger partial charge in [0.2, 0.25) is 11.8 Å². The first-order valence-corrected chi connectivity index (χ1v) is 24.6. The normalized spacial score (nSPS) is 18.6. The molecule has 15 heteroatoms. The number of hydrogen-bond donors (Lipinski definition) is 3. The SMILES string of the molecule is CNCc1ccccc1-c1csc([C@@H](C)Nc2nc(C)nc3cc(OC)c(C4CCC(C(=O)N(C)CCCC5CCN(C(=O)c6ccc(Cl)c(N7CCC(=O)NC7=O)c6)CC5)CC4)cc23)c1. The van der Waals surface area contributed by atoms with Crippen molar-refractivity contribution in [1.29, 1.82) is 0 Å². The predicted molar refractivity (Wildman–Crippen MR) is 263 cm³/mol. The molecular weight excluding hydrogens is 872 g/mol. The number of halogens is 1. The van der Waals surface area contributed by atoms with Gasteiger partial charge < -0.3 is 25.2 Å². The Morgan fingerprint density at radius 3 is 2.52 bits per heavy atom. The molecule has 3 N–H and O–H groups in total. The van der Waals surface area contributed by atoms with Gasteiger partial charge in [0.05, 0.1) is 29.4 Å². The number of carbonyl (C=O) groups excluding carboxylic acids is 4. The molecule has 0 spiro atoms. The summed E-state index contributed by atoms with van der Waals surface area (Å²) in [5.74, 6) is 2.86. The summed E-state index contributed by atoms with van der Waals surface area (Å²) >= 11 is 8.17. The van der Waals surface area contributed by atoms with Crippen molar-refractivity contribution in [2.24, 2.45) is 11.8 Å². The zero-order valence-electron chi connectivity index (χ0n) is 38.6. The van der Waals surface area contributed by atoms with Crippen molar-refractivity contribution in [3.8, 4) is 16.9 Å². The Kier molecular flexibility index (Phi) is 14.9. The first kappa shape index (κ1) is 46.9. The van der Waals surface area contributed by atoms with E-state index in [0.29, 0.717) is 47.7 Å². The second-order valence-electron chi connectivity index (χ2n) is 18.1. The molecule has 348 valence electrons. The van der Waals surface area contributed by atoms with Gasteiger partial charge in [-0.3, -0.25) is 24.6 Å². The molecule has 0 unspecified atom stereocenters. The van der Waals surface area contributed by atoms with Crippen LogP contribution in [-0.4, -0.2) is 90.9 Å². The molecule has 5 amide bonds. The van der Waals surface area contributed by atoms with Gasteiger partial charge in [-0.05, 0) is 142 Å².